The molecule has 2 saturated heterocycles. The summed E-state index contributed by atoms with van der Waals surface area (Å²) in [5, 5.41) is -0.934. The van der Waals surface area contributed by atoms with Gasteiger partial charge < -0.3 is 9.64 Å². The summed E-state index contributed by atoms with van der Waals surface area (Å²) in [4.78, 5) is 13.9. The molecule has 1 aromatic rings. The van der Waals surface area contributed by atoms with E-state index in [1.807, 2.05) is 0 Å². The zero-order valence-corrected chi connectivity index (χ0v) is 17.6. The number of ether oxygens (including phenoxy) is 1. The lowest BCUT2D eigenvalue weighted by Gasteiger charge is -2.34. The van der Waals surface area contributed by atoms with Crippen molar-refractivity contribution in [2.24, 2.45) is 0 Å². The molecule has 8 nitrogen and oxygen atoms in total. The fourth-order valence-electron chi connectivity index (χ4n) is 3.46. The number of alkyl halides is 2. The number of hydrogen-bond donors (Lipinski definition) is 0. The number of nitrogens with zero attached hydrogens (tertiary/aromatic N) is 2. The summed E-state index contributed by atoms with van der Waals surface area (Å²) >= 11 is 0. The lowest BCUT2D eigenvalue weighted by molar-refractivity contribution is -0.127. The third-order valence-corrected chi connectivity index (χ3v) is 9.37. The van der Waals surface area contributed by atoms with E-state index < -0.39 is 31.7 Å². The molecule has 1 aromatic carbocycles. The van der Waals surface area contributed by atoms with E-state index in [-0.39, 0.29) is 55.8 Å². The first kappa shape index (κ1) is 22.6. The van der Waals surface area contributed by atoms with Gasteiger partial charge in [0.2, 0.25) is 15.9 Å². The lowest BCUT2D eigenvalue weighted by Crippen LogP contribution is -2.52. The standard InChI is InChI=1S/C18H22F2N2O6S2/c19-18(20)28-16-4-2-1-3-14(16)5-6-17(23)21-8-10-22(11-9-21)30(26,27)15-7-12-29(24,25)13-15/h1-6,15,18H,7-13H2. The number of sulfonamides is 1. The smallest absolute Gasteiger partial charge is 0.387 e. The van der Waals surface area contributed by atoms with Gasteiger partial charge in [0.05, 0.1) is 16.8 Å². The van der Waals surface area contributed by atoms with Gasteiger partial charge in [0.25, 0.3) is 0 Å². The van der Waals surface area contributed by atoms with Gasteiger partial charge in [-0.3, -0.25) is 4.79 Å². The summed E-state index contributed by atoms with van der Waals surface area (Å²) < 4.78 is 79.1. The van der Waals surface area contributed by atoms with Crippen molar-refractivity contribution in [3.05, 3.63) is 35.9 Å². The fourth-order valence-corrected chi connectivity index (χ4v) is 7.97. The molecule has 0 aromatic heterocycles. The van der Waals surface area contributed by atoms with Crippen LogP contribution in [0.25, 0.3) is 6.08 Å². The molecule has 0 aliphatic carbocycles. The molecular formula is C18H22F2N2O6S2. The summed E-state index contributed by atoms with van der Waals surface area (Å²) in [5.41, 5.74) is 0.315. The van der Waals surface area contributed by atoms with Gasteiger partial charge in [0.1, 0.15) is 5.75 Å². The molecule has 0 bridgehead atoms. The van der Waals surface area contributed by atoms with Crippen molar-refractivity contribution in [1.29, 1.82) is 0 Å². The Bertz CT molecular complexity index is 1020. The van der Waals surface area contributed by atoms with Crippen LogP contribution in [0.5, 0.6) is 5.75 Å². The van der Waals surface area contributed by atoms with Crippen LogP contribution in [0.3, 0.4) is 0 Å². The Kier molecular flexibility index (Phi) is 6.78. The van der Waals surface area contributed by atoms with Crippen molar-refractivity contribution in [3.8, 4) is 5.75 Å². The number of sulfone groups is 1. The molecule has 2 heterocycles. The van der Waals surface area contributed by atoms with E-state index in [9.17, 15) is 30.4 Å². The van der Waals surface area contributed by atoms with Crippen molar-refractivity contribution in [2.75, 3.05) is 37.7 Å². The number of carbonyl (C=O) groups is 1. The number of carbonyl (C=O) groups excluding carboxylic acids is 1. The zero-order chi connectivity index (χ0) is 21.9. The van der Waals surface area contributed by atoms with Gasteiger partial charge in [0.15, 0.2) is 9.84 Å². The predicted molar refractivity (Wildman–Crippen MR) is 106 cm³/mol. The van der Waals surface area contributed by atoms with E-state index in [0.29, 0.717) is 5.56 Å². The first-order valence-corrected chi connectivity index (χ1v) is 12.6. The Morgan fingerprint density at radius 1 is 1.17 bits per heavy atom. The number of halogens is 2. The number of amides is 1. The largest absolute Gasteiger partial charge is 0.434 e. The van der Waals surface area contributed by atoms with Crippen LogP contribution >= 0.6 is 0 Å². The second-order valence-electron chi connectivity index (χ2n) is 7.04. The molecule has 0 saturated carbocycles. The maximum absolute atomic E-state index is 12.7. The van der Waals surface area contributed by atoms with Gasteiger partial charge in [-0.1, -0.05) is 18.2 Å². The van der Waals surface area contributed by atoms with Gasteiger partial charge in [-0.2, -0.15) is 13.1 Å². The Balaban J connectivity index is 1.59. The lowest BCUT2D eigenvalue weighted by atomic mass is 10.2. The molecule has 30 heavy (non-hydrogen) atoms. The Hall–Kier alpha value is -2.05. The van der Waals surface area contributed by atoms with Crippen LogP contribution in [0, 0.1) is 0 Å². The molecule has 0 radical (unpaired) electrons. The van der Waals surface area contributed by atoms with E-state index in [1.54, 1.807) is 6.07 Å². The van der Waals surface area contributed by atoms with E-state index in [4.69, 9.17) is 0 Å². The topological polar surface area (TPSA) is 101 Å². The third kappa shape index (κ3) is 5.35. The Morgan fingerprint density at radius 3 is 2.43 bits per heavy atom. The Morgan fingerprint density at radius 2 is 1.83 bits per heavy atom. The molecule has 0 spiro atoms. The van der Waals surface area contributed by atoms with Gasteiger partial charge >= 0.3 is 6.61 Å². The van der Waals surface area contributed by atoms with Crippen molar-refractivity contribution >= 4 is 31.8 Å². The van der Waals surface area contributed by atoms with Gasteiger partial charge in [-0.05, 0) is 18.6 Å². The molecular weight excluding hydrogens is 442 g/mol. The second kappa shape index (κ2) is 8.98. The molecule has 166 valence electrons. The highest BCUT2D eigenvalue weighted by Crippen LogP contribution is 2.24. The van der Waals surface area contributed by atoms with Crippen molar-refractivity contribution in [3.63, 3.8) is 0 Å². The van der Waals surface area contributed by atoms with Crippen LogP contribution in [0.2, 0.25) is 0 Å². The minimum absolute atomic E-state index is 0.0565. The average molecular weight is 465 g/mol. The highest BCUT2D eigenvalue weighted by Gasteiger charge is 2.41. The van der Waals surface area contributed by atoms with Crippen LogP contribution in [0.4, 0.5) is 8.78 Å². The molecule has 1 atom stereocenters. The summed E-state index contributed by atoms with van der Waals surface area (Å²) in [5.74, 6) is -0.935. The highest BCUT2D eigenvalue weighted by molar-refractivity contribution is 7.95. The normalized spacial score (nSPS) is 22.6. The van der Waals surface area contributed by atoms with Crippen LogP contribution in [-0.2, 0) is 24.7 Å². The first-order valence-electron chi connectivity index (χ1n) is 9.29. The van der Waals surface area contributed by atoms with Crippen LogP contribution < -0.4 is 4.74 Å². The van der Waals surface area contributed by atoms with Crippen LogP contribution in [-0.4, -0.2) is 81.5 Å². The van der Waals surface area contributed by atoms with Crippen molar-refractivity contribution in [2.45, 2.75) is 18.3 Å². The summed E-state index contributed by atoms with van der Waals surface area (Å²) in [6.07, 6.45) is 2.68. The maximum atomic E-state index is 12.7. The quantitative estimate of drug-likeness (QED) is 0.582. The van der Waals surface area contributed by atoms with E-state index >= 15 is 0 Å². The number of rotatable bonds is 6. The number of para-hydroxylation sites is 1. The molecule has 1 unspecified atom stereocenters. The molecule has 2 fully saturated rings. The monoisotopic (exact) mass is 464 g/mol. The van der Waals surface area contributed by atoms with Crippen LogP contribution in [0.15, 0.2) is 30.3 Å². The summed E-state index contributed by atoms with van der Waals surface area (Å²) in [6.45, 7) is -2.54. The van der Waals surface area contributed by atoms with Gasteiger partial charge in [-0.15, -0.1) is 0 Å². The molecule has 2 aliphatic rings. The molecule has 3 rings (SSSR count). The Labute approximate surface area is 174 Å². The number of benzene rings is 1. The molecule has 0 N–H and O–H groups in total. The fraction of sp³-hybridized carbons (Fsp3) is 0.500. The molecule has 1 amide bonds. The van der Waals surface area contributed by atoms with E-state index in [2.05, 4.69) is 4.74 Å². The minimum atomic E-state index is -3.74. The predicted octanol–water partition coefficient (Wildman–Crippen LogP) is 0.962. The van der Waals surface area contributed by atoms with E-state index in [0.717, 1.165) is 0 Å². The third-order valence-electron chi connectivity index (χ3n) is 5.06. The molecule has 12 heteroatoms. The maximum Gasteiger partial charge on any atom is 0.387 e. The van der Waals surface area contributed by atoms with Gasteiger partial charge in [0, 0.05) is 37.8 Å². The molecule has 2 aliphatic heterocycles. The highest BCUT2D eigenvalue weighted by atomic mass is 32.2. The SMILES string of the molecule is O=C(C=Cc1ccccc1OC(F)F)N1CCN(S(=O)(=O)C2CCS(=O)(=O)C2)CC1. The number of hydrogen-bond acceptors (Lipinski definition) is 6. The van der Waals surface area contributed by atoms with Crippen LogP contribution in [0.1, 0.15) is 12.0 Å². The first-order chi connectivity index (χ1) is 14.1. The van der Waals surface area contributed by atoms with Gasteiger partial charge in [-0.25, -0.2) is 16.8 Å². The summed E-state index contributed by atoms with van der Waals surface area (Å²) in [7, 11) is -7.07. The van der Waals surface area contributed by atoms with Crippen molar-refractivity contribution < 1.29 is 35.1 Å². The minimum Gasteiger partial charge on any atom is -0.434 e. The zero-order valence-electron chi connectivity index (χ0n) is 16.0. The second-order valence-corrected chi connectivity index (χ2v) is 11.5. The van der Waals surface area contributed by atoms with Crippen molar-refractivity contribution in [1.82, 2.24) is 9.21 Å². The van der Waals surface area contributed by atoms with E-state index in [1.165, 1.54) is 39.6 Å². The summed E-state index contributed by atoms with van der Waals surface area (Å²) in [6, 6.07) is 6.05. The average Bonchev–Trinajstić information content (AvgIpc) is 3.07. The number of piperazine rings is 1.